The fourth-order valence-electron chi connectivity index (χ4n) is 4.07. The monoisotopic (exact) mass is 398 g/mol. The van der Waals surface area contributed by atoms with Gasteiger partial charge in [-0.05, 0) is 25.3 Å². The summed E-state index contributed by atoms with van der Waals surface area (Å²) in [6.07, 6.45) is 1.91. The number of carbonyl (C=O) groups excluding carboxylic acids is 1. The predicted octanol–water partition coefficient (Wildman–Crippen LogP) is 2.21. The first kappa shape index (κ1) is 20.1. The van der Waals surface area contributed by atoms with Crippen molar-refractivity contribution >= 4 is 5.91 Å². The second-order valence-corrected chi connectivity index (χ2v) is 7.96. The number of ether oxygens (including phenoxy) is 1. The highest BCUT2D eigenvalue weighted by Crippen LogP contribution is 2.19. The van der Waals surface area contributed by atoms with E-state index in [-0.39, 0.29) is 11.9 Å². The first-order valence-electron chi connectivity index (χ1n) is 10.5. The molecule has 156 valence electrons. The second kappa shape index (κ2) is 9.52. The van der Waals surface area contributed by atoms with E-state index in [2.05, 4.69) is 44.5 Å². The number of rotatable bonds is 6. The highest BCUT2D eigenvalue weighted by atomic mass is 16.5. The summed E-state index contributed by atoms with van der Waals surface area (Å²) in [6, 6.07) is 10.7. The van der Waals surface area contributed by atoms with Crippen LogP contribution in [0, 0.1) is 6.92 Å². The van der Waals surface area contributed by atoms with E-state index in [1.165, 1.54) is 5.56 Å². The number of nitrogens with zero attached hydrogens (tertiary/aromatic N) is 3. The van der Waals surface area contributed by atoms with Gasteiger partial charge in [-0.1, -0.05) is 35.5 Å². The molecule has 1 N–H and O–H groups in total. The molecule has 1 aromatic heterocycles. The van der Waals surface area contributed by atoms with Crippen LogP contribution in [-0.2, 0) is 17.8 Å². The van der Waals surface area contributed by atoms with Crippen molar-refractivity contribution in [2.24, 2.45) is 0 Å². The van der Waals surface area contributed by atoms with Crippen LogP contribution in [0.4, 0.5) is 0 Å². The van der Waals surface area contributed by atoms with Gasteiger partial charge in [0.1, 0.15) is 5.76 Å². The van der Waals surface area contributed by atoms with Crippen molar-refractivity contribution in [3.05, 3.63) is 52.9 Å². The molecule has 3 heterocycles. The lowest BCUT2D eigenvalue weighted by Gasteiger charge is -2.32. The highest BCUT2D eigenvalue weighted by molar-refractivity contribution is 5.94. The van der Waals surface area contributed by atoms with E-state index < -0.39 is 0 Å². The lowest BCUT2D eigenvalue weighted by Crippen LogP contribution is -2.44. The lowest BCUT2D eigenvalue weighted by molar-refractivity contribution is 0.0339. The summed E-state index contributed by atoms with van der Waals surface area (Å²) in [4.78, 5) is 17.6. The first-order valence-corrected chi connectivity index (χ1v) is 10.5. The summed E-state index contributed by atoms with van der Waals surface area (Å²) < 4.78 is 10.8. The van der Waals surface area contributed by atoms with Crippen molar-refractivity contribution in [3.8, 4) is 0 Å². The van der Waals surface area contributed by atoms with Gasteiger partial charge in [-0.2, -0.15) is 0 Å². The van der Waals surface area contributed by atoms with Crippen molar-refractivity contribution in [2.45, 2.75) is 38.9 Å². The molecule has 2 aliphatic heterocycles. The van der Waals surface area contributed by atoms with E-state index in [0.29, 0.717) is 12.2 Å². The minimum Gasteiger partial charge on any atom is -0.379 e. The Kier molecular flexibility index (Phi) is 6.59. The van der Waals surface area contributed by atoms with Crippen molar-refractivity contribution in [1.82, 2.24) is 20.3 Å². The third kappa shape index (κ3) is 5.23. The molecule has 2 saturated heterocycles. The second-order valence-electron chi connectivity index (χ2n) is 7.96. The Morgan fingerprint density at radius 2 is 1.76 bits per heavy atom. The van der Waals surface area contributed by atoms with E-state index in [4.69, 9.17) is 9.26 Å². The van der Waals surface area contributed by atoms with Crippen molar-refractivity contribution in [2.75, 3.05) is 39.4 Å². The number of piperidine rings is 1. The molecule has 0 aliphatic carbocycles. The quantitative estimate of drug-likeness (QED) is 0.805. The summed E-state index contributed by atoms with van der Waals surface area (Å²) in [5, 5.41) is 7.24. The van der Waals surface area contributed by atoms with Crippen molar-refractivity contribution in [3.63, 3.8) is 0 Å². The van der Waals surface area contributed by atoms with Gasteiger partial charge in [-0.3, -0.25) is 14.6 Å². The van der Waals surface area contributed by atoms with Gasteiger partial charge in [-0.25, -0.2) is 0 Å². The molecular formula is C22H30N4O3. The number of hydrogen-bond donors (Lipinski definition) is 1. The van der Waals surface area contributed by atoms with Gasteiger partial charge >= 0.3 is 0 Å². The number of aromatic nitrogens is 1. The largest absolute Gasteiger partial charge is 0.379 e. The molecule has 7 nitrogen and oxygen atoms in total. The zero-order valence-electron chi connectivity index (χ0n) is 17.1. The SMILES string of the molecule is Cc1onc(C(=O)NC2CCN(Cc3ccccc3)CC2)c1CN1CCOCC1. The molecule has 4 rings (SSSR count). The Bertz CT molecular complexity index is 794. The van der Waals surface area contributed by atoms with E-state index in [1.54, 1.807) is 0 Å². The maximum Gasteiger partial charge on any atom is 0.274 e. The van der Waals surface area contributed by atoms with Gasteiger partial charge in [0.15, 0.2) is 5.69 Å². The van der Waals surface area contributed by atoms with Crippen LogP contribution in [0.15, 0.2) is 34.9 Å². The Balaban J connectivity index is 1.30. The molecule has 29 heavy (non-hydrogen) atoms. The molecule has 2 aromatic rings. The third-order valence-corrected chi connectivity index (χ3v) is 5.86. The Morgan fingerprint density at radius 1 is 1.07 bits per heavy atom. The molecule has 0 bridgehead atoms. The van der Waals surface area contributed by atoms with Crippen LogP contribution in [0.2, 0.25) is 0 Å². The highest BCUT2D eigenvalue weighted by Gasteiger charge is 2.26. The molecule has 2 aliphatic rings. The number of benzene rings is 1. The number of carbonyl (C=O) groups is 1. The molecule has 0 saturated carbocycles. The van der Waals surface area contributed by atoms with E-state index >= 15 is 0 Å². The number of morpholine rings is 1. The summed E-state index contributed by atoms with van der Waals surface area (Å²) in [5.74, 6) is 0.603. The van der Waals surface area contributed by atoms with Gasteiger partial charge in [0, 0.05) is 50.9 Å². The minimum atomic E-state index is -0.119. The van der Waals surface area contributed by atoms with E-state index in [9.17, 15) is 4.79 Å². The summed E-state index contributed by atoms with van der Waals surface area (Å²) >= 11 is 0. The Labute approximate surface area is 172 Å². The molecule has 0 radical (unpaired) electrons. The normalized spacial score (nSPS) is 19.3. The van der Waals surface area contributed by atoms with Gasteiger partial charge < -0.3 is 14.6 Å². The summed E-state index contributed by atoms with van der Waals surface area (Å²) in [6.45, 7) is 8.68. The van der Waals surface area contributed by atoms with E-state index in [0.717, 1.165) is 70.1 Å². The van der Waals surface area contributed by atoms with Crippen LogP contribution in [0.25, 0.3) is 0 Å². The topological polar surface area (TPSA) is 70.8 Å². The lowest BCUT2D eigenvalue weighted by atomic mass is 10.0. The fraction of sp³-hybridized carbons (Fsp3) is 0.545. The third-order valence-electron chi connectivity index (χ3n) is 5.86. The van der Waals surface area contributed by atoms with Crippen molar-refractivity contribution in [1.29, 1.82) is 0 Å². The number of likely N-dealkylation sites (tertiary alicyclic amines) is 1. The summed E-state index contributed by atoms with van der Waals surface area (Å²) in [5.41, 5.74) is 2.66. The van der Waals surface area contributed by atoms with Crippen LogP contribution in [0.3, 0.4) is 0 Å². The van der Waals surface area contributed by atoms with E-state index in [1.807, 2.05) is 13.0 Å². The zero-order chi connectivity index (χ0) is 20.1. The molecule has 0 unspecified atom stereocenters. The van der Waals surface area contributed by atoms with Gasteiger partial charge in [-0.15, -0.1) is 0 Å². The Hall–Kier alpha value is -2.22. The standard InChI is InChI=1S/C22H30N4O3/c1-17-20(16-26-11-13-28-14-12-26)21(24-29-17)22(27)23-19-7-9-25(10-8-19)15-18-5-3-2-4-6-18/h2-6,19H,7-16H2,1H3,(H,23,27). The van der Waals surface area contributed by atoms with Crippen LogP contribution in [0.5, 0.6) is 0 Å². The Morgan fingerprint density at radius 3 is 2.48 bits per heavy atom. The number of nitrogens with one attached hydrogen (secondary N) is 1. The maximum atomic E-state index is 12.9. The van der Waals surface area contributed by atoms with Gasteiger partial charge in [0.25, 0.3) is 5.91 Å². The average Bonchev–Trinajstić information content (AvgIpc) is 3.11. The molecule has 1 aromatic carbocycles. The number of amides is 1. The molecule has 0 atom stereocenters. The number of hydrogen-bond acceptors (Lipinski definition) is 6. The molecule has 2 fully saturated rings. The minimum absolute atomic E-state index is 0.119. The maximum absolute atomic E-state index is 12.9. The molecular weight excluding hydrogens is 368 g/mol. The first-order chi connectivity index (χ1) is 14.2. The molecule has 1 amide bonds. The average molecular weight is 399 g/mol. The smallest absolute Gasteiger partial charge is 0.274 e. The molecule has 7 heteroatoms. The van der Waals surface area contributed by atoms with Crippen LogP contribution < -0.4 is 5.32 Å². The molecule has 0 spiro atoms. The predicted molar refractivity (Wildman–Crippen MR) is 110 cm³/mol. The van der Waals surface area contributed by atoms with Gasteiger partial charge in [0.05, 0.1) is 13.2 Å². The van der Waals surface area contributed by atoms with Crippen LogP contribution in [0.1, 0.15) is 40.2 Å². The van der Waals surface area contributed by atoms with Crippen LogP contribution in [-0.4, -0.2) is 66.3 Å². The van der Waals surface area contributed by atoms with Gasteiger partial charge in [0.2, 0.25) is 0 Å². The number of aryl methyl sites for hydroxylation is 1. The van der Waals surface area contributed by atoms with Crippen LogP contribution >= 0.6 is 0 Å². The summed E-state index contributed by atoms with van der Waals surface area (Å²) in [7, 11) is 0. The zero-order valence-corrected chi connectivity index (χ0v) is 17.1. The van der Waals surface area contributed by atoms with Crippen molar-refractivity contribution < 1.29 is 14.1 Å². The fourth-order valence-corrected chi connectivity index (χ4v) is 4.07.